The van der Waals surface area contributed by atoms with Crippen LogP contribution in [0.25, 0.3) is 17.0 Å². The summed E-state index contributed by atoms with van der Waals surface area (Å²) in [7, 11) is 0. The molecule has 7 nitrogen and oxygen atoms in total. The maximum absolute atomic E-state index is 14.0. The molecule has 31 heavy (non-hydrogen) atoms. The summed E-state index contributed by atoms with van der Waals surface area (Å²) in [5.74, 6) is -0.205. The van der Waals surface area contributed by atoms with Crippen molar-refractivity contribution >= 4 is 23.0 Å². The quantitative estimate of drug-likeness (QED) is 0.327. The molecule has 2 N–H and O–H groups in total. The lowest BCUT2D eigenvalue weighted by Gasteiger charge is -2.10. The van der Waals surface area contributed by atoms with Crippen molar-refractivity contribution in [1.29, 1.82) is 5.41 Å². The molecule has 4 aromatic rings. The zero-order valence-corrected chi connectivity index (χ0v) is 16.8. The molecule has 0 saturated heterocycles. The highest BCUT2D eigenvalue weighted by atomic mass is 35.5. The second kappa shape index (κ2) is 9.27. The van der Waals surface area contributed by atoms with Crippen LogP contribution in [0.3, 0.4) is 0 Å². The van der Waals surface area contributed by atoms with Gasteiger partial charge in [-0.15, -0.1) is 0 Å². The zero-order valence-electron chi connectivity index (χ0n) is 16.1. The van der Waals surface area contributed by atoms with Crippen LogP contribution in [0.4, 0.5) is 4.39 Å². The Kier molecular flexibility index (Phi) is 6.09. The number of rotatable bonds is 7. The van der Waals surface area contributed by atoms with Gasteiger partial charge in [0, 0.05) is 42.2 Å². The van der Waals surface area contributed by atoms with Gasteiger partial charge in [-0.3, -0.25) is 10.4 Å². The van der Waals surface area contributed by atoms with E-state index in [0.717, 1.165) is 5.56 Å². The molecule has 0 aliphatic carbocycles. The van der Waals surface area contributed by atoms with Crippen molar-refractivity contribution in [3.05, 3.63) is 101 Å². The second-order valence-corrected chi connectivity index (χ2v) is 6.83. The van der Waals surface area contributed by atoms with Gasteiger partial charge >= 0.3 is 0 Å². The third-order valence-corrected chi connectivity index (χ3v) is 4.52. The molecule has 0 aliphatic heterocycles. The highest BCUT2D eigenvalue weighted by molar-refractivity contribution is 6.29. The Balaban J connectivity index is 1.64. The largest absolute Gasteiger partial charge is 0.379 e. The van der Waals surface area contributed by atoms with Crippen LogP contribution in [0.1, 0.15) is 17.1 Å². The predicted molar refractivity (Wildman–Crippen MR) is 115 cm³/mol. The van der Waals surface area contributed by atoms with E-state index < -0.39 is 0 Å². The molecule has 3 aromatic heterocycles. The van der Waals surface area contributed by atoms with Crippen LogP contribution in [0.2, 0.25) is 5.15 Å². The minimum Gasteiger partial charge on any atom is -0.379 e. The first-order chi connectivity index (χ1) is 15.1. The van der Waals surface area contributed by atoms with Gasteiger partial charge in [-0.05, 0) is 24.3 Å². The Morgan fingerprint density at radius 2 is 2.03 bits per heavy atom. The minimum absolute atomic E-state index is 0.00771. The van der Waals surface area contributed by atoms with Crippen molar-refractivity contribution in [2.24, 2.45) is 0 Å². The number of benzene rings is 1. The Labute approximate surface area is 182 Å². The summed E-state index contributed by atoms with van der Waals surface area (Å²) in [4.78, 5) is 12.7. The molecule has 0 spiro atoms. The predicted octanol–water partition coefficient (Wildman–Crippen LogP) is 4.52. The average molecular weight is 435 g/mol. The summed E-state index contributed by atoms with van der Waals surface area (Å²) in [5, 5.41) is 15.7. The lowest BCUT2D eigenvalue weighted by atomic mass is 10.1. The van der Waals surface area contributed by atoms with Gasteiger partial charge in [0.05, 0.1) is 11.4 Å². The minimum atomic E-state index is -0.330. The molecule has 0 bridgehead atoms. The molecule has 0 radical (unpaired) electrons. The number of hydrogen-bond acceptors (Lipinski definition) is 7. The van der Waals surface area contributed by atoms with Gasteiger partial charge in [0.1, 0.15) is 28.6 Å². The fraction of sp³-hybridized carbons (Fsp3) is 0.0455. The first-order valence-electron chi connectivity index (χ1n) is 9.24. The summed E-state index contributed by atoms with van der Waals surface area (Å²) in [5.41, 5.74) is 2.67. The van der Waals surface area contributed by atoms with Crippen LogP contribution in [-0.2, 0) is 6.54 Å². The molecular weight excluding hydrogens is 419 g/mol. The van der Waals surface area contributed by atoms with Crippen LogP contribution < -0.4 is 5.32 Å². The van der Waals surface area contributed by atoms with Gasteiger partial charge in [-0.25, -0.2) is 14.4 Å². The molecule has 0 fully saturated rings. The van der Waals surface area contributed by atoms with Gasteiger partial charge in [0.15, 0.2) is 5.82 Å². The Morgan fingerprint density at radius 1 is 1.16 bits per heavy atom. The molecule has 9 heteroatoms. The summed E-state index contributed by atoms with van der Waals surface area (Å²) in [6.45, 7) is 0.190. The normalized spacial score (nSPS) is 11.4. The fourth-order valence-electron chi connectivity index (χ4n) is 2.81. The summed E-state index contributed by atoms with van der Waals surface area (Å²) < 4.78 is 18.9. The number of nitrogens with zero attached hydrogens (tertiary/aromatic N) is 4. The van der Waals surface area contributed by atoms with E-state index in [1.54, 1.807) is 48.8 Å². The van der Waals surface area contributed by atoms with E-state index in [-0.39, 0.29) is 29.1 Å². The van der Waals surface area contributed by atoms with Crippen molar-refractivity contribution in [3.63, 3.8) is 0 Å². The van der Waals surface area contributed by atoms with E-state index in [1.807, 2.05) is 6.07 Å². The van der Waals surface area contributed by atoms with Crippen LogP contribution in [0.15, 0.2) is 77.8 Å². The molecule has 0 aliphatic rings. The van der Waals surface area contributed by atoms with Crippen LogP contribution in [0.5, 0.6) is 0 Å². The maximum Gasteiger partial charge on any atom is 0.179 e. The highest BCUT2D eigenvalue weighted by Crippen LogP contribution is 2.20. The average Bonchev–Trinajstić information content (AvgIpc) is 3.32. The molecule has 0 saturated carbocycles. The number of allylic oxidation sites excluding steroid dienone is 1. The van der Waals surface area contributed by atoms with Crippen molar-refractivity contribution < 1.29 is 8.91 Å². The third-order valence-electron chi connectivity index (χ3n) is 4.32. The van der Waals surface area contributed by atoms with Crippen molar-refractivity contribution in [1.82, 2.24) is 25.4 Å². The standard InChI is InChI=1S/C22H16ClFN6O/c23-21-11-19(15-5-3-8-26-12-15)28-22(29-21)17(25)10-20(18-7-9-31-30-18)27-13-14-4-1-2-6-16(14)24/h1-12,25,27H,13H2/b20-10-,25-17?. The summed E-state index contributed by atoms with van der Waals surface area (Å²) >= 11 is 6.17. The number of halogens is 2. The Morgan fingerprint density at radius 3 is 2.77 bits per heavy atom. The van der Waals surface area contributed by atoms with Gasteiger partial charge in [0.25, 0.3) is 0 Å². The van der Waals surface area contributed by atoms with Crippen LogP contribution >= 0.6 is 11.6 Å². The first kappa shape index (κ1) is 20.4. The first-order valence-corrected chi connectivity index (χ1v) is 9.61. The molecule has 4 rings (SSSR count). The zero-order chi connectivity index (χ0) is 21.6. The van der Waals surface area contributed by atoms with Crippen molar-refractivity contribution in [3.8, 4) is 11.3 Å². The number of aromatic nitrogens is 4. The molecule has 3 heterocycles. The lowest BCUT2D eigenvalue weighted by Crippen LogP contribution is -2.15. The lowest BCUT2D eigenvalue weighted by molar-refractivity contribution is 0.417. The van der Waals surface area contributed by atoms with Gasteiger partial charge < -0.3 is 9.84 Å². The van der Waals surface area contributed by atoms with Gasteiger partial charge in [-0.1, -0.05) is 35.0 Å². The van der Waals surface area contributed by atoms with Crippen molar-refractivity contribution in [2.45, 2.75) is 6.54 Å². The molecule has 0 amide bonds. The monoisotopic (exact) mass is 434 g/mol. The van der Waals surface area contributed by atoms with Crippen LogP contribution in [-0.4, -0.2) is 25.8 Å². The van der Waals surface area contributed by atoms with Crippen LogP contribution in [0, 0.1) is 11.2 Å². The van der Waals surface area contributed by atoms with Crippen molar-refractivity contribution in [2.75, 3.05) is 0 Å². The van der Waals surface area contributed by atoms with E-state index in [4.69, 9.17) is 21.5 Å². The van der Waals surface area contributed by atoms with Gasteiger partial charge in [-0.2, -0.15) is 0 Å². The SMILES string of the molecule is N=C(/C=C(\NCc1ccccc1F)c1ccon1)c1nc(Cl)cc(-c2cccnc2)n1. The Bertz CT molecular complexity index is 1230. The molecule has 0 unspecified atom stereocenters. The van der Waals surface area contributed by atoms with E-state index in [1.165, 1.54) is 18.4 Å². The molecule has 0 atom stereocenters. The maximum atomic E-state index is 14.0. The third kappa shape index (κ3) is 4.99. The van der Waals surface area contributed by atoms with E-state index in [2.05, 4.69) is 25.4 Å². The number of pyridine rings is 1. The molecule has 1 aromatic carbocycles. The molecule has 154 valence electrons. The summed E-state index contributed by atoms with van der Waals surface area (Å²) in [6, 6.07) is 13.3. The topological polar surface area (TPSA) is 101 Å². The second-order valence-electron chi connectivity index (χ2n) is 6.44. The number of hydrogen-bond donors (Lipinski definition) is 2. The Hall–Kier alpha value is -3.91. The van der Waals surface area contributed by atoms with Gasteiger partial charge in [0.2, 0.25) is 0 Å². The van der Waals surface area contributed by atoms with E-state index in [0.29, 0.717) is 22.6 Å². The molecular formula is C22H16ClFN6O. The van der Waals surface area contributed by atoms with E-state index >= 15 is 0 Å². The smallest absolute Gasteiger partial charge is 0.179 e. The fourth-order valence-corrected chi connectivity index (χ4v) is 2.99. The van der Waals surface area contributed by atoms with E-state index in [9.17, 15) is 4.39 Å². The number of nitrogens with one attached hydrogen (secondary N) is 2. The summed E-state index contributed by atoms with van der Waals surface area (Å²) in [6.07, 6.45) is 6.22. The highest BCUT2D eigenvalue weighted by Gasteiger charge is 2.13.